The van der Waals surface area contributed by atoms with Crippen LogP contribution in [-0.2, 0) is 0 Å². The van der Waals surface area contributed by atoms with E-state index in [-0.39, 0.29) is 5.91 Å². The van der Waals surface area contributed by atoms with Gasteiger partial charge in [-0.2, -0.15) is 0 Å². The summed E-state index contributed by atoms with van der Waals surface area (Å²) in [5, 5.41) is 2.91. The van der Waals surface area contributed by atoms with Crippen LogP contribution in [0.5, 0.6) is 17.2 Å². The number of para-hydroxylation sites is 1. The SMILES string of the molecule is CC(C)CCOc1cccc(NC(=O)c2ccc(OCCOc3ccccc3)cc2)c1. The summed E-state index contributed by atoms with van der Waals surface area (Å²) in [5.74, 6) is 2.66. The largest absolute Gasteiger partial charge is 0.494 e. The summed E-state index contributed by atoms with van der Waals surface area (Å²) in [6.45, 7) is 5.85. The fourth-order valence-corrected chi connectivity index (χ4v) is 2.82. The van der Waals surface area contributed by atoms with Crippen molar-refractivity contribution in [1.82, 2.24) is 0 Å². The first-order valence-electron chi connectivity index (χ1n) is 10.5. The summed E-state index contributed by atoms with van der Waals surface area (Å²) in [6, 6.07) is 24.1. The molecule has 31 heavy (non-hydrogen) atoms. The standard InChI is InChI=1S/C26H29NO4/c1-20(2)15-16-29-25-10-6-7-22(19-25)27-26(28)21-11-13-24(14-12-21)31-18-17-30-23-8-4-3-5-9-23/h3-14,19-20H,15-18H2,1-2H3,(H,27,28). The highest BCUT2D eigenvalue weighted by atomic mass is 16.5. The molecule has 0 aliphatic heterocycles. The predicted molar refractivity (Wildman–Crippen MR) is 123 cm³/mol. The molecule has 0 heterocycles. The van der Waals surface area contributed by atoms with Crippen molar-refractivity contribution in [1.29, 1.82) is 0 Å². The Labute approximate surface area is 184 Å². The summed E-state index contributed by atoms with van der Waals surface area (Å²) < 4.78 is 17.0. The third kappa shape index (κ3) is 7.70. The molecule has 1 N–H and O–H groups in total. The van der Waals surface area contributed by atoms with Crippen molar-refractivity contribution in [2.45, 2.75) is 20.3 Å². The second-order valence-electron chi connectivity index (χ2n) is 7.55. The Kier molecular flexibility index (Phi) is 8.35. The summed E-state index contributed by atoms with van der Waals surface area (Å²) in [6.07, 6.45) is 0.989. The molecule has 0 saturated heterocycles. The van der Waals surface area contributed by atoms with E-state index in [9.17, 15) is 4.79 Å². The van der Waals surface area contributed by atoms with Gasteiger partial charge in [0.1, 0.15) is 30.5 Å². The molecule has 0 radical (unpaired) electrons. The minimum Gasteiger partial charge on any atom is -0.494 e. The highest BCUT2D eigenvalue weighted by Gasteiger charge is 2.07. The van der Waals surface area contributed by atoms with Crippen LogP contribution in [0.15, 0.2) is 78.9 Å². The van der Waals surface area contributed by atoms with Crippen LogP contribution in [0.4, 0.5) is 5.69 Å². The average Bonchev–Trinajstić information content (AvgIpc) is 2.78. The lowest BCUT2D eigenvalue weighted by atomic mass is 10.1. The molecular weight excluding hydrogens is 390 g/mol. The van der Waals surface area contributed by atoms with Crippen molar-refractivity contribution in [2.75, 3.05) is 25.1 Å². The smallest absolute Gasteiger partial charge is 0.255 e. The van der Waals surface area contributed by atoms with Crippen molar-refractivity contribution in [2.24, 2.45) is 5.92 Å². The monoisotopic (exact) mass is 419 g/mol. The van der Waals surface area contributed by atoms with Gasteiger partial charge in [0.25, 0.3) is 5.91 Å². The average molecular weight is 420 g/mol. The maximum atomic E-state index is 12.5. The number of carbonyl (C=O) groups is 1. The summed E-state index contributed by atoms with van der Waals surface area (Å²) in [7, 11) is 0. The van der Waals surface area contributed by atoms with Gasteiger partial charge in [0, 0.05) is 17.3 Å². The fourth-order valence-electron chi connectivity index (χ4n) is 2.82. The van der Waals surface area contributed by atoms with Crippen LogP contribution in [0.25, 0.3) is 0 Å². The first-order valence-corrected chi connectivity index (χ1v) is 10.5. The van der Waals surface area contributed by atoms with Crippen LogP contribution in [0, 0.1) is 5.92 Å². The van der Waals surface area contributed by atoms with Gasteiger partial charge in [-0.3, -0.25) is 4.79 Å². The molecule has 0 atom stereocenters. The zero-order valence-corrected chi connectivity index (χ0v) is 18.0. The van der Waals surface area contributed by atoms with E-state index >= 15 is 0 Å². The quantitative estimate of drug-likeness (QED) is 0.398. The molecule has 5 nitrogen and oxygen atoms in total. The predicted octanol–water partition coefficient (Wildman–Crippen LogP) is 5.82. The topological polar surface area (TPSA) is 56.8 Å². The molecule has 0 fully saturated rings. The van der Waals surface area contributed by atoms with Gasteiger partial charge in [-0.25, -0.2) is 0 Å². The summed E-state index contributed by atoms with van der Waals surface area (Å²) >= 11 is 0. The van der Waals surface area contributed by atoms with E-state index in [1.54, 1.807) is 24.3 Å². The van der Waals surface area contributed by atoms with E-state index < -0.39 is 0 Å². The molecule has 5 heteroatoms. The molecule has 0 unspecified atom stereocenters. The van der Waals surface area contributed by atoms with Crippen molar-refractivity contribution in [3.8, 4) is 17.2 Å². The maximum absolute atomic E-state index is 12.5. The van der Waals surface area contributed by atoms with Gasteiger partial charge in [0.05, 0.1) is 6.61 Å². The molecule has 0 aromatic heterocycles. The van der Waals surface area contributed by atoms with Crippen LogP contribution in [0.2, 0.25) is 0 Å². The van der Waals surface area contributed by atoms with Gasteiger partial charge in [-0.05, 0) is 60.9 Å². The molecule has 3 rings (SSSR count). The number of benzene rings is 3. The zero-order chi connectivity index (χ0) is 21.9. The van der Waals surface area contributed by atoms with Crippen molar-refractivity contribution in [3.63, 3.8) is 0 Å². The zero-order valence-electron chi connectivity index (χ0n) is 18.0. The number of nitrogens with one attached hydrogen (secondary N) is 1. The Balaban J connectivity index is 1.45. The number of anilines is 1. The molecule has 0 aliphatic rings. The van der Waals surface area contributed by atoms with E-state index in [1.165, 1.54) is 0 Å². The van der Waals surface area contributed by atoms with E-state index in [0.29, 0.717) is 42.7 Å². The van der Waals surface area contributed by atoms with E-state index in [0.717, 1.165) is 17.9 Å². The minimum atomic E-state index is -0.182. The lowest BCUT2D eigenvalue weighted by Crippen LogP contribution is -2.12. The molecule has 3 aromatic carbocycles. The number of hydrogen-bond donors (Lipinski definition) is 1. The van der Waals surface area contributed by atoms with Crippen LogP contribution < -0.4 is 19.5 Å². The molecule has 162 valence electrons. The van der Waals surface area contributed by atoms with Gasteiger partial charge in [-0.1, -0.05) is 38.1 Å². The highest BCUT2D eigenvalue weighted by Crippen LogP contribution is 2.20. The molecule has 0 aliphatic carbocycles. The number of rotatable bonds is 11. The second kappa shape index (κ2) is 11.6. The van der Waals surface area contributed by atoms with Crippen molar-refractivity contribution >= 4 is 11.6 Å². The Hall–Kier alpha value is -3.47. The first kappa shape index (κ1) is 22.2. The number of hydrogen-bond acceptors (Lipinski definition) is 4. The maximum Gasteiger partial charge on any atom is 0.255 e. The van der Waals surface area contributed by atoms with Crippen LogP contribution in [0.1, 0.15) is 30.6 Å². The van der Waals surface area contributed by atoms with Gasteiger partial charge in [0.2, 0.25) is 0 Å². The number of ether oxygens (including phenoxy) is 3. The summed E-state index contributed by atoms with van der Waals surface area (Å²) in [4.78, 5) is 12.5. The molecule has 0 spiro atoms. The van der Waals surface area contributed by atoms with Crippen LogP contribution in [-0.4, -0.2) is 25.7 Å². The fraction of sp³-hybridized carbons (Fsp3) is 0.269. The third-order valence-electron chi connectivity index (χ3n) is 4.54. The lowest BCUT2D eigenvalue weighted by molar-refractivity contribution is 0.102. The van der Waals surface area contributed by atoms with Crippen molar-refractivity contribution in [3.05, 3.63) is 84.4 Å². The molecule has 1 amide bonds. The van der Waals surface area contributed by atoms with E-state index in [2.05, 4.69) is 19.2 Å². The van der Waals surface area contributed by atoms with Gasteiger partial charge >= 0.3 is 0 Å². The molecular formula is C26H29NO4. The second-order valence-corrected chi connectivity index (χ2v) is 7.55. The lowest BCUT2D eigenvalue weighted by Gasteiger charge is -2.11. The first-order chi connectivity index (χ1) is 15.1. The normalized spacial score (nSPS) is 10.5. The highest BCUT2D eigenvalue weighted by molar-refractivity contribution is 6.04. The van der Waals surface area contributed by atoms with Gasteiger partial charge in [0.15, 0.2) is 0 Å². The minimum absolute atomic E-state index is 0.182. The van der Waals surface area contributed by atoms with Crippen LogP contribution in [0.3, 0.4) is 0 Å². The number of carbonyl (C=O) groups excluding carboxylic acids is 1. The Bertz CT molecular complexity index is 939. The van der Waals surface area contributed by atoms with E-state index in [4.69, 9.17) is 14.2 Å². The van der Waals surface area contributed by atoms with Crippen molar-refractivity contribution < 1.29 is 19.0 Å². The van der Waals surface area contributed by atoms with Gasteiger partial charge in [-0.15, -0.1) is 0 Å². The Morgan fingerprint density at radius 1 is 0.742 bits per heavy atom. The van der Waals surface area contributed by atoms with Crippen LogP contribution >= 0.6 is 0 Å². The third-order valence-corrected chi connectivity index (χ3v) is 4.54. The molecule has 0 saturated carbocycles. The molecule has 3 aromatic rings. The molecule has 0 bridgehead atoms. The number of amides is 1. The van der Waals surface area contributed by atoms with Gasteiger partial charge < -0.3 is 19.5 Å². The Morgan fingerprint density at radius 2 is 1.35 bits per heavy atom. The Morgan fingerprint density at radius 3 is 2.03 bits per heavy atom. The van der Waals surface area contributed by atoms with E-state index in [1.807, 2.05) is 54.6 Å². The summed E-state index contributed by atoms with van der Waals surface area (Å²) in [5.41, 5.74) is 1.25.